The first kappa shape index (κ1) is 16.5. The standard InChI is InChI=1S/C14H13ClINO3S/c15-12-4-5-14(13(16)7-12)17-21(19,20)9-11-3-1-2-10(6-11)8-18/h1-7,17-18H,8-9H2. The van der Waals surface area contributed by atoms with E-state index in [-0.39, 0.29) is 12.4 Å². The first-order chi connectivity index (χ1) is 9.89. The Kier molecular flexibility index (Phi) is 5.48. The maximum absolute atomic E-state index is 12.2. The third kappa shape index (κ3) is 4.84. The molecule has 0 fully saturated rings. The largest absolute Gasteiger partial charge is 0.392 e. The van der Waals surface area contributed by atoms with E-state index in [1.807, 2.05) is 22.6 Å². The van der Waals surface area contributed by atoms with Gasteiger partial charge in [0.05, 0.1) is 18.0 Å². The van der Waals surface area contributed by atoms with Gasteiger partial charge in [0.25, 0.3) is 0 Å². The van der Waals surface area contributed by atoms with E-state index >= 15 is 0 Å². The Morgan fingerprint density at radius 3 is 2.52 bits per heavy atom. The Balaban J connectivity index is 2.18. The number of aliphatic hydroxyl groups is 1. The van der Waals surface area contributed by atoms with Crippen molar-refractivity contribution in [3.63, 3.8) is 0 Å². The minimum atomic E-state index is -3.53. The Labute approximate surface area is 142 Å². The molecule has 7 heteroatoms. The molecule has 2 aromatic rings. The van der Waals surface area contributed by atoms with Crippen LogP contribution in [0, 0.1) is 3.57 Å². The fourth-order valence-corrected chi connectivity index (χ4v) is 4.21. The molecule has 0 unspecified atom stereocenters. The highest BCUT2D eigenvalue weighted by atomic mass is 127. The third-order valence-electron chi connectivity index (χ3n) is 2.73. The van der Waals surface area contributed by atoms with E-state index in [1.54, 1.807) is 42.5 Å². The Bertz CT molecular complexity index is 750. The molecule has 2 N–H and O–H groups in total. The lowest BCUT2D eigenvalue weighted by Crippen LogP contribution is -2.16. The quantitative estimate of drug-likeness (QED) is 0.705. The minimum absolute atomic E-state index is 0.115. The van der Waals surface area contributed by atoms with E-state index in [4.69, 9.17) is 16.7 Å². The van der Waals surface area contributed by atoms with E-state index in [0.717, 1.165) is 3.57 Å². The van der Waals surface area contributed by atoms with Gasteiger partial charge in [0.2, 0.25) is 10.0 Å². The molecule has 0 bridgehead atoms. The summed E-state index contributed by atoms with van der Waals surface area (Å²) in [5.41, 5.74) is 1.81. The number of hydrogen-bond acceptors (Lipinski definition) is 3. The topological polar surface area (TPSA) is 66.4 Å². The van der Waals surface area contributed by atoms with Crippen molar-refractivity contribution in [3.05, 3.63) is 62.2 Å². The van der Waals surface area contributed by atoms with Crippen LogP contribution in [-0.2, 0) is 22.4 Å². The van der Waals surface area contributed by atoms with Crippen LogP contribution in [0.2, 0.25) is 5.02 Å². The van der Waals surface area contributed by atoms with Crippen molar-refractivity contribution in [2.75, 3.05) is 4.72 Å². The summed E-state index contributed by atoms with van der Waals surface area (Å²) in [6.45, 7) is -0.115. The molecule has 0 heterocycles. The van der Waals surface area contributed by atoms with Gasteiger partial charge in [-0.15, -0.1) is 0 Å². The lowest BCUT2D eigenvalue weighted by molar-refractivity contribution is 0.282. The van der Waals surface area contributed by atoms with Crippen molar-refractivity contribution >= 4 is 49.9 Å². The van der Waals surface area contributed by atoms with Crippen LogP contribution in [0.15, 0.2) is 42.5 Å². The SMILES string of the molecule is O=S(=O)(Cc1cccc(CO)c1)Nc1ccc(Cl)cc1I. The number of aliphatic hydroxyl groups excluding tert-OH is 1. The maximum atomic E-state index is 12.2. The normalized spacial score (nSPS) is 11.4. The molecule has 0 radical (unpaired) electrons. The van der Waals surface area contributed by atoms with Gasteiger partial charge in [0.1, 0.15) is 0 Å². The molecule has 4 nitrogen and oxygen atoms in total. The highest BCUT2D eigenvalue weighted by Gasteiger charge is 2.14. The second-order valence-electron chi connectivity index (χ2n) is 4.46. The van der Waals surface area contributed by atoms with Gasteiger partial charge in [-0.1, -0.05) is 35.9 Å². The lowest BCUT2D eigenvalue weighted by Gasteiger charge is -2.10. The molecule has 21 heavy (non-hydrogen) atoms. The predicted molar refractivity (Wildman–Crippen MR) is 92.8 cm³/mol. The van der Waals surface area contributed by atoms with Crippen molar-refractivity contribution in [2.24, 2.45) is 0 Å². The zero-order valence-electron chi connectivity index (χ0n) is 10.9. The maximum Gasteiger partial charge on any atom is 0.236 e. The summed E-state index contributed by atoms with van der Waals surface area (Å²) in [6.07, 6.45) is 0. The Hall–Kier alpha value is -0.830. The monoisotopic (exact) mass is 437 g/mol. The Morgan fingerprint density at radius 2 is 1.86 bits per heavy atom. The van der Waals surface area contributed by atoms with Gasteiger partial charge < -0.3 is 5.11 Å². The van der Waals surface area contributed by atoms with Crippen LogP contribution in [-0.4, -0.2) is 13.5 Å². The van der Waals surface area contributed by atoms with E-state index in [0.29, 0.717) is 21.8 Å². The van der Waals surface area contributed by atoms with Crippen molar-refractivity contribution in [2.45, 2.75) is 12.4 Å². The summed E-state index contributed by atoms with van der Waals surface area (Å²) in [6, 6.07) is 11.8. The number of nitrogens with one attached hydrogen (secondary N) is 1. The van der Waals surface area contributed by atoms with Gasteiger partial charge in [0.15, 0.2) is 0 Å². The van der Waals surface area contributed by atoms with E-state index in [1.165, 1.54) is 0 Å². The fraction of sp³-hybridized carbons (Fsp3) is 0.143. The lowest BCUT2D eigenvalue weighted by atomic mass is 10.1. The number of rotatable bonds is 5. The molecule has 0 saturated carbocycles. The van der Waals surface area contributed by atoms with Gasteiger partial charge in [-0.25, -0.2) is 8.42 Å². The van der Waals surface area contributed by atoms with Gasteiger partial charge in [-0.2, -0.15) is 0 Å². The first-order valence-electron chi connectivity index (χ1n) is 6.04. The molecule has 2 aromatic carbocycles. The van der Waals surface area contributed by atoms with E-state index in [9.17, 15) is 8.42 Å². The smallest absolute Gasteiger partial charge is 0.236 e. The number of hydrogen-bond donors (Lipinski definition) is 2. The molecule has 0 aliphatic carbocycles. The van der Waals surface area contributed by atoms with Crippen molar-refractivity contribution < 1.29 is 13.5 Å². The first-order valence-corrected chi connectivity index (χ1v) is 9.15. The van der Waals surface area contributed by atoms with Crippen LogP contribution in [0.1, 0.15) is 11.1 Å². The van der Waals surface area contributed by atoms with Gasteiger partial charge in [-0.05, 0) is 51.9 Å². The van der Waals surface area contributed by atoms with Crippen LogP contribution in [0.5, 0.6) is 0 Å². The summed E-state index contributed by atoms with van der Waals surface area (Å²) in [5, 5.41) is 9.63. The summed E-state index contributed by atoms with van der Waals surface area (Å²) < 4.78 is 27.7. The molecular formula is C14H13ClINO3S. The van der Waals surface area contributed by atoms with Crippen LogP contribution < -0.4 is 4.72 Å². The van der Waals surface area contributed by atoms with Crippen molar-refractivity contribution in [1.82, 2.24) is 0 Å². The highest BCUT2D eigenvalue weighted by Crippen LogP contribution is 2.24. The van der Waals surface area contributed by atoms with E-state index < -0.39 is 10.0 Å². The summed E-state index contributed by atoms with van der Waals surface area (Å²) >= 11 is 7.87. The zero-order valence-corrected chi connectivity index (χ0v) is 14.6. The van der Waals surface area contributed by atoms with Crippen LogP contribution in [0.4, 0.5) is 5.69 Å². The average Bonchev–Trinajstić information content (AvgIpc) is 2.41. The van der Waals surface area contributed by atoms with Crippen molar-refractivity contribution in [3.8, 4) is 0 Å². The number of sulfonamides is 1. The number of halogens is 2. The fourth-order valence-electron chi connectivity index (χ4n) is 1.81. The molecule has 0 saturated heterocycles. The van der Waals surface area contributed by atoms with Gasteiger partial charge in [-0.3, -0.25) is 4.72 Å². The average molecular weight is 438 g/mol. The molecule has 112 valence electrons. The second-order valence-corrected chi connectivity index (χ2v) is 7.78. The zero-order chi connectivity index (χ0) is 15.5. The number of benzene rings is 2. The molecule has 0 atom stereocenters. The predicted octanol–water partition coefficient (Wildman–Crippen LogP) is 3.38. The summed E-state index contributed by atoms with van der Waals surface area (Å²) in [7, 11) is -3.53. The molecule has 2 rings (SSSR count). The molecule has 0 aromatic heterocycles. The second kappa shape index (κ2) is 6.95. The highest BCUT2D eigenvalue weighted by molar-refractivity contribution is 14.1. The molecular weight excluding hydrogens is 425 g/mol. The molecule has 0 spiro atoms. The molecule has 0 aliphatic rings. The van der Waals surface area contributed by atoms with Gasteiger partial charge >= 0.3 is 0 Å². The van der Waals surface area contributed by atoms with Crippen LogP contribution >= 0.6 is 34.2 Å². The third-order valence-corrected chi connectivity index (χ3v) is 5.10. The van der Waals surface area contributed by atoms with Crippen LogP contribution in [0.25, 0.3) is 0 Å². The summed E-state index contributed by atoms with van der Waals surface area (Å²) in [4.78, 5) is 0. The number of anilines is 1. The summed E-state index contributed by atoms with van der Waals surface area (Å²) in [5.74, 6) is -0.153. The molecule has 0 amide bonds. The van der Waals surface area contributed by atoms with Gasteiger partial charge in [0, 0.05) is 8.59 Å². The van der Waals surface area contributed by atoms with Crippen molar-refractivity contribution in [1.29, 1.82) is 0 Å². The minimum Gasteiger partial charge on any atom is -0.392 e. The Morgan fingerprint density at radius 1 is 1.14 bits per heavy atom. The van der Waals surface area contributed by atoms with E-state index in [2.05, 4.69) is 4.72 Å². The molecule has 0 aliphatic heterocycles. The van der Waals surface area contributed by atoms with Crippen LogP contribution in [0.3, 0.4) is 0 Å².